The van der Waals surface area contributed by atoms with Crippen molar-refractivity contribution in [3.05, 3.63) is 59.5 Å². The van der Waals surface area contributed by atoms with Crippen molar-refractivity contribution in [2.75, 3.05) is 25.1 Å². The molecule has 8 heteroatoms. The minimum atomic E-state index is -0.996. The average Bonchev–Trinajstić information content (AvgIpc) is 3.43. The second-order valence-corrected chi connectivity index (χ2v) is 7.65. The van der Waals surface area contributed by atoms with E-state index in [1.54, 1.807) is 24.9 Å². The van der Waals surface area contributed by atoms with Crippen LogP contribution in [0.15, 0.2) is 42.6 Å². The van der Waals surface area contributed by atoms with Gasteiger partial charge < -0.3 is 24.6 Å². The molecule has 0 unspecified atom stereocenters. The number of carboxylic acids is 1. The van der Waals surface area contributed by atoms with Crippen molar-refractivity contribution in [1.29, 1.82) is 0 Å². The first-order chi connectivity index (χ1) is 15.1. The number of carbonyl (C=O) groups is 1. The Morgan fingerprint density at radius 1 is 1.13 bits per heavy atom. The van der Waals surface area contributed by atoms with Gasteiger partial charge in [-0.1, -0.05) is 12.1 Å². The van der Waals surface area contributed by atoms with E-state index < -0.39 is 5.97 Å². The lowest BCUT2D eigenvalue weighted by Crippen LogP contribution is -2.18. The van der Waals surface area contributed by atoms with Crippen LogP contribution in [0.2, 0.25) is 0 Å². The number of aromatic nitrogens is 3. The molecule has 0 amide bonds. The van der Waals surface area contributed by atoms with Gasteiger partial charge in [0.1, 0.15) is 17.4 Å². The van der Waals surface area contributed by atoms with Gasteiger partial charge in [-0.2, -0.15) is 0 Å². The summed E-state index contributed by atoms with van der Waals surface area (Å²) >= 11 is 0. The van der Waals surface area contributed by atoms with Crippen LogP contribution in [0.3, 0.4) is 0 Å². The van der Waals surface area contributed by atoms with E-state index in [0.29, 0.717) is 24.6 Å². The summed E-state index contributed by atoms with van der Waals surface area (Å²) in [5, 5.41) is 13.0. The summed E-state index contributed by atoms with van der Waals surface area (Å²) in [5.41, 5.74) is 2.56. The van der Waals surface area contributed by atoms with Crippen molar-refractivity contribution in [3.8, 4) is 17.1 Å². The Labute approximate surface area is 181 Å². The van der Waals surface area contributed by atoms with Crippen LogP contribution in [0.4, 0.5) is 5.82 Å². The highest BCUT2D eigenvalue weighted by molar-refractivity contribution is 5.88. The third-order valence-electron chi connectivity index (χ3n) is 5.59. The summed E-state index contributed by atoms with van der Waals surface area (Å²) in [7, 11) is 3.36. The van der Waals surface area contributed by atoms with Crippen LogP contribution in [0.25, 0.3) is 11.4 Å². The summed E-state index contributed by atoms with van der Waals surface area (Å²) in [6.45, 7) is 3.01. The summed E-state index contributed by atoms with van der Waals surface area (Å²) in [5.74, 6) is 1.36. The molecule has 1 aliphatic heterocycles. The Morgan fingerprint density at radius 3 is 2.48 bits per heavy atom. The number of ether oxygens (including phenoxy) is 1. The number of nitrogens with one attached hydrogen (secondary N) is 1. The third kappa shape index (κ3) is 4.54. The molecule has 0 bridgehead atoms. The van der Waals surface area contributed by atoms with Crippen LogP contribution in [0, 0.1) is 0 Å². The molecular formula is C23H27N5O3. The number of aromatic carboxylic acids is 1. The Hall–Kier alpha value is -3.39. The van der Waals surface area contributed by atoms with Gasteiger partial charge in [0, 0.05) is 45.0 Å². The summed E-state index contributed by atoms with van der Waals surface area (Å²) in [6, 6.07) is 11.7. The second kappa shape index (κ2) is 9.18. The molecule has 0 atom stereocenters. The molecule has 1 aliphatic rings. The Morgan fingerprint density at radius 2 is 1.87 bits per heavy atom. The number of carboxylic acid groups (broad SMARTS) is 1. The summed E-state index contributed by atoms with van der Waals surface area (Å²) < 4.78 is 6.80. The van der Waals surface area contributed by atoms with Crippen LogP contribution in [0.1, 0.15) is 34.6 Å². The van der Waals surface area contributed by atoms with Gasteiger partial charge in [-0.15, -0.1) is 0 Å². The molecule has 162 valence electrons. The van der Waals surface area contributed by atoms with Crippen LogP contribution < -0.4 is 15.0 Å². The van der Waals surface area contributed by atoms with Gasteiger partial charge in [0.05, 0.1) is 12.8 Å². The monoisotopic (exact) mass is 421 g/mol. The molecule has 1 aromatic carbocycles. The predicted molar refractivity (Wildman–Crippen MR) is 118 cm³/mol. The van der Waals surface area contributed by atoms with Crippen LogP contribution in [0.5, 0.6) is 5.75 Å². The number of hydrogen-bond donors (Lipinski definition) is 2. The van der Waals surface area contributed by atoms with Gasteiger partial charge >= 0.3 is 5.97 Å². The van der Waals surface area contributed by atoms with Crippen molar-refractivity contribution in [3.63, 3.8) is 0 Å². The maximum atomic E-state index is 11.9. The zero-order valence-electron chi connectivity index (χ0n) is 17.8. The molecule has 0 radical (unpaired) electrons. The number of anilines is 1. The molecule has 0 saturated carbocycles. The number of benzene rings is 1. The number of imidazole rings is 1. The summed E-state index contributed by atoms with van der Waals surface area (Å²) in [4.78, 5) is 23.4. The average molecular weight is 422 g/mol. The van der Waals surface area contributed by atoms with Gasteiger partial charge in [-0.05, 0) is 42.7 Å². The number of methoxy groups -OCH3 is 1. The number of rotatable bonds is 8. The van der Waals surface area contributed by atoms with Crippen molar-refractivity contribution in [2.24, 2.45) is 7.05 Å². The Kier molecular flexibility index (Phi) is 6.18. The minimum absolute atomic E-state index is 0.181. The fourth-order valence-electron chi connectivity index (χ4n) is 3.92. The van der Waals surface area contributed by atoms with E-state index in [-0.39, 0.29) is 5.69 Å². The molecule has 1 fully saturated rings. The number of nitrogens with zero attached hydrogens (tertiary/aromatic N) is 4. The van der Waals surface area contributed by atoms with Crippen molar-refractivity contribution in [1.82, 2.24) is 19.9 Å². The molecule has 4 rings (SSSR count). The molecule has 3 heterocycles. The van der Waals surface area contributed by atoms with E-state index in [9.17, 15) is 9.90 Å². The van der Waals surface area contributed by atoms with E-state index in [0.717, 1.165) is 35.8 Å². The first-order valence-electron chi connectivity index (χ1n) is 10.4. The van der Waals surface area contributed by atoms with Crippen LogP contribution >= 0.6 is 0 Å². The molecule has 2 N–H and O–H groups in total. The zero-order chi connectivity index (χ0) is 21.8. The molecule has 0 aliphatic carbocycles. The first-order valence-corrected chi connectivity index (χ1v) is 10.4. The van der Waals surface area contributed by atoms with Crippen LogP contribution in [-0.2, 0) is 20.1 Å². The minimum Gasteiger partial charge on any atom is -0.497 e. The maximum Gasteiger partial charge on any atom is 0.354 e. The lowest BCUT2D eigenvalue weighted by atomic mass is 10.2. The molecule has 0 spiro atoms. The van der Waals surface area contributed by atoms with E-state index >= 15 is 0 Å². The molecular weight excluding hydrogens is 394 g/mol. The number of hydrogen-bond acceptors (Lipinski definition) is 6. The van der Waals surface area contributed by atoms with Gasteiger partial charge in [0.15, 0.2) is 5.69 Å². The molecule has 2 aromatic heterocycles. The highest BCUT2D eigenvalue weighted by Gasteiger charge is 2.22. The quantitative estimate of drug-likeness (QED) is 0.577. The second-order valence-electron chi connectivity index (χ2n) is 7.65. The summed E-state index contributed by atoms with van der Waals surface area (Å²) in [6.07, 6.45) is 4.16. The van der Waals surface area contributed by atoms with Gasteiger partial charge in [-0.25, -0.2) is 14.8 Å². The van der Waals surface area contributed by atoms with Crippen molar-refractivity contribution < 1.29 is 14.6 Å². The Balaban J connectivity index is 1.50. The lowest BCUT2D eigenvalue weighted by Gasteiger charge is -2.16. The van der Waals surface area contributed by atoms with E-state index in [2.05, 4.69) is 20.2 Å². The fourth-order valence-corrected chi connectivity index (χ4v) is 3.92. The third-order valence-corrected chi connectivity index (χ3v) is 5.59. The SMILES string of the molecule is COc1ccc(CNCc2nc(-c3ccc(N4CCCC4)nc3)n(C)c2C(=O)O)cc1. The van der Waals surface area contributed by atoms with Crippen LogP contribution in [-0.4, -0.2) is 45.8 Å². The molecule has 3 aromatic rings. The fraction of sp³-hybridized carbons (Fsp3) is 0.348. The lowest BCUT2D eigenvalue weighted by molar-refractivity contribution is 0.0685. The zero-order valence-corrected chi connectivity index (χ0v) is 17.8. The van der Waals surface area contributed by atoms with Gasteiger partial charge in [0.25, 0.3) is 0 Å². The Bertz CT molecular complexity index is 1040. The van der Waals surface area contributed by atoms with E-state index in [1.807, 2.05) is 36.4 Å². The molecule has 1 saturated heterocycles. The molecule has 31 heavy (non-hydrogen) atoms. The normalized spacial score (nSPS) is 13.5. The van der Waals surface area contributed by atoms with Crippen molar-refractivity contribution in [2.45, 2.75) is 25.9 Å². The largest absolute Gasteiger partial charge is 0.497 e. The topological polar surface area (TPSA) is 92.5 Å². The maximum absolute atomic E-state index is 11.9. The standard InChI is InChI=1S/C23H27N5O3/c1-27-21(23(29)30)19(15-24-13-16-5-8-18(31-2)9-6-16)26-22(27)17-7-10-20(25-14-17)28-11-3-4-12-28/h5-10,14,24H,3-4,11-13,15H2,1-2H3,(H,29,30). The smallest absolute Gasteiger partial charge is 0.354 e. The molecule has 8 nitrogen and oxygen atoms in total. The number of pyridine rings is 1. The predicted octanol–water partition coefficient (Wildman–Crippen LogP) is 3.08. The highest BCUT2D eigenvalue weighted by Crippen LogP contribution is 2.24. The van der Waals surface area contributed by atoms with Gasteiger partial charge in [-0.3, -0.25) is 0 Å². The first kappa shape index (κ1) is 20.9. The van der Waals surface area contributed by atoms with E-state index in [1.165, 1.54) is 12.8 Å². The van der Waals surface area contributed by atoms with E-state index in [4.69, 9.17) is 4.74 Å². The highest BCUT2D eigenvalue weighted by atomic mass is 16.5. The van der Waals surface area contributed by atoms with Crippen molar-refractivity contribution >= 4 is 11.8 Å². The van der Waals surface area contributed by atoms with Gasteiger partial charge in [0.2, 0.25) is 0 Å².